The Morgan fingerprint density at radius 1 is 1.30 bits per heavy atom. The summed E-state index contributed by atoms with van der Waals surface area (Å²) < 4.78 is 3.59. The summed E-state index contributed by atoms with van der Waals surface area (Å²) in [6.07, 6.45) is 0. The molecule has 3 heterocycles. The van der Waals surface area contributed by atoms with Gasteiger partial charge >= 0.3 is 11.9 Å². The monoisotopic (exact) mass is 732 g/mol. The number of benzene rings is 1. The van der Waals surface area contributed by atoms with E-state index in [9.17, 15) is 44.4 Å². The molecule has 21 heteroatoms. The fraction of sp³-hybridized carbons (Fsp3) is 0.423. The second-order valence-corrected chi connectivity index (χ2v) is 14.9. The van der Waals surface area contributed by atoms with E-state index in [0.717, 1.165) is 40.9 Å². The zero-order valence-electron chi connectivity index (χ0n) is 24.8. The number of methoxy groups -OCH3 is 1. The van der Waals surface area contributed by atoms with E-state index in [2.05, 4.69) is 20.8 Å². The number of rotatable bonds is 14. The van der Waals surface area contributed by atoms with Crippen LogP contribution in [0.15, 0.2) is 22.7 Å². The number of hydrogen-bond acceptors (Lipinski definition) is 15. The lowest BCUT2D eigenvalue weighted by Crippen LogP contribution is -2.68. The first-order valence-corrected chi connectivity index (χ1v) is 16.5. The maximum atomic E-state index is 13.3. The van der Waals surface area contributed by atoms with Crippen molar-refractivity contribution in [1.82, 2.24) is 20.5 Å². The van der Waals surface area contributed by atoms with Crippen LogP contribution in [0.3, 0.4) is 0 Å². The predicted octanol–water partition coefficient (Wildman–Crippen LogP) is 0.733. The smallest absolute Gasteiger partial charge is 0.350 e. The highest BCUT2D eigenvalue weighted by atomic mass is 35.5. The first-order chi connectivity index (χ1) is 22.0. The van der Waals surface area contributed by atoms with Crippen molar-refractivity contribution in [2.24, 2.45) is 5.16 Å². The number of carbonyl (C=O) groups excluding carboxylic acids is 3. The number of aliphatic carboxylic acids is 2. The number of nitrogens with zero attached hydrogens (tertiary/aromatic N) is 3. The van der Waals surface area contributed by atoms with Gasteiger partial charge in [-0.05, 0) is 26.0 Å². The Bertz CT molecular complexity index is 1640. The molecule has 2 unspecified atom stereocenters. The number of nitrogen functional groups attached to an aromatic ring is 1. The second kappa shape index (κ2) is 14.0. The van der Waals surface area contributed by atoms with Crippen LogP contribution in [0.1, 0.15) is 29.9 Å². The number of carboxylic acid groups (broad SMARTS) is 2. The number of fused-ring (bicyclic) bond motifs is 1. The van der Waals surface area contributed by atoms with Crippen LogP contribution in [0.4, 0.5) is 5.13 Å². The minimum atomic E-state index is -1.81. The van der Waals surface area contributed by atoms with Gasteiger partial charge in [0, 0.05) is 18.2 Å². The van der Waals surface area contributed by atoms with E-state index in [1.807, 2.05) is 0 Å². The number of thioether (sulfide) groups is 2. The third-order valence-corrected chi connectivity index (χ3v) is 11.4. The van der Waals surface area contributed by atoms with Crippen LogP contribution in [0.25, 0.3) is 0 Å². The molecule has 2 fully saturated rings. The van der Waals surface area contributed by atoms with Gasteiger partial charge in [0.25, 0.3) is 11.8 Å². The van der Waals surface area contributed by atoms with Crippen LogP contribution in [-0.4, -0.2) is 119 Å². The number of phenols is 2. The van der Waals surface area contributed by atoms with Crippen molar-refractivity contribution < 1.29 is 54.0 Å². The van der Waals surface area contributed by atoms with Crippen molar-refractivity contribution in [2.75, 3.05) is 31.7 Å². The van der Waals surface area contributed by atoms with Crippen molar-refractivity contribution in [3.8, 4) is 11.5 Å². The number of thiazole rings is 1. The molecule has 1 aromatic heterocycles. The summed E-state index contributed by atoms with van der Waals surface area (Å²) in [7, 11) is 1.38. The van der Waals surface area contributed by atoms with Gasteiger partial charge in [-0.15, -0.1) is 34.9 Å². The van der Waals surface area contributed by atoms with Crippen molar-refractivity contribution in [2.45, 2.75) is 41.0 Å². The minimum absolute atomic E-state index is 0.00506. The second-order valence-electron chi connectivity index (χ2n) is 10.6. The molecule has 2 aliphatic rings. The molecular formula is C26H29ClN6O11S3. The largest absolute Gasteiger partial charge is 0.504 e. The summed E-state index contributed by atoms with van der Waals surface area (Å²) in [5, 5.41) is 48.3. The lowest BCUT2D eigenvalue weighted by atomic mass is 10.1. The quantitative estimate of drug-likeness (QED) is 0.0611. The molecular weight excluding hydrogens is 704 g/mol. The Morgan fingerprint density at radius 2 is 2.00 bits per heavy atom. The van der Waals surface area contributed by atoms with Crippen LogP contribution in [0.5, 0.6) is 11.5 Å². The molecule has 0 spiro atoms. The molecule has 254 valence electrons. The van der Waals surface area contributed by atoms with Gasteiger partial charge < -0.3 is 51.3 Å². The third kappa shape index (κ3) is 7.45. The van der Waals surface area contributed by atoms with Crippen molar-refractivity contribution >= 4 is 87.0 Å². The zero-order valence-corrected chi connectivity index (χ0v) is 28.0. The number of anilines is 1. The zero-order chi connectivity index (χ0) is 34.8. The van der Waals surface area contributed by atoms with Crippen LogP contribution >= 0.6 is 46.5 Å². The number of aromatic hydroxyl groups is 2. The first-order valence-electron chi connectivity index (χ1n) is 13.4. The predicted molar refractivity (Wildman–Crippen MR) is 172 cm³/mol. The molecule has 17 nitrogen and oxygen atoms in total. The molecule has 8 N–H and O–H groups in total. The fourth-order valence-electron chi connectivity index (χ4n) is 4.24. The average molecular weight is 733 g/mol. The topological polar surface area (TPSA) is 263 Å². The number of aromatic nitrogens is 1. The SMILES string of the molecule is COC[C@H](CSC1(C(=O)O)CN2C(=O)[C@@H](NC(=O)/C(=N\OC(C)(C)C(=O)O)c3csc(N)n3)C2S1)NC(=O)c1ccc(O)c(O)c1Cl. The Kier molecular flexibility index (Phi) is 10.7. The number of ether oxygens (including phenoxy) is 1. The number of oxime groups is 1. The van der Waals surface area contributed by atoms with Gasteiger partial charge in [-0.1, -0.05) is 16.8 Å². The molecule has 2 aromatic rings. The van der Waals surface area contributed by atoms with E-state index in [1.54, 1.807) is 0 Å². The third-order valence-electron chi connectivity index (χ3n) is 6.86. The molecule has 0 bridgehead atoms. The minimum Gasteiger partial charge on any atom is -0.504 e. The van der Waals surface area contributed by atoms with Crippen molar-refractivity contribution in [1.29, 1.82) is 0 Å². The van der Waals surface area contributed by atoms with Gasteiger partial charge in [0.2, 0.25) is 11.5 Å². The number of nitrogens with two attached hydrogens (primary N) is 1. The molecule has 0 radical (unpaired) electrons. The number of carbonyl (C=O) groups is 5. The van der Waals surface area contributed by atoms with Crippen molar-refractivity contribution in [3.63, 3.8) is 0 Å². The van der Waals surface area contributed by atoms with Gasteiger partial charge in [0.1, 0.15) is 17.1 Å². The Balaban J connectivity index is 1.47. The van der Waals surface area contributed by atoms with Gasteiger partial charge in [-0.25, -0.2) is 14.6 Å². The van der Waals surface area contributed by atoms with E-state index >= 15 is 0 Å². The highest BCUT2D eigenvalue weighted by Gasteiger charge is 2.63. The molecule has 2 saturated heterocycles. The molecule has 1 aromatic carbocycles. The van der Waals surface area contributed by atoms with E-state index < -0.39 is 74.0 Å². The molecule has 0 saturated carbocycles. The number of nitrogens with one attached hydrogen (secondary N) is 2. The molecule has 47 heavy (non-hydrogen) atoms. The van der Waals surface area contributed by atoms with E-state index in [4.69, 9.17) is 26.9 Å². The molecule has 0 aliphatic carbocycles. The lowest BCUT2D eigenvalue weighted by Gasteiger charge is -2.41. The number of hydrogen-bond donors (Lipinski definition) is 7. The van der Waals surface area contributed by atoms with E-state index in [-0.39, 0.29) is 40.3 Å². The normalized spacial score (nSPS) is 21.4. The summed E-state index contributed by atoms with van der Waals surface area (Å²) >= 11 is 8.85. The maximum Gasteiger partial charge on any atom is 0.350 e. The highest BCUT2D eigenvalue weighted by molar-refractivity contribution is 8.20. The maximum absolute atomic E-state index is 13.3. The summed E-state index contributed by atoms with van der Waals surface area (Å²) in [6, 6.07) is 0.382. The van der Waals surface area contributed by atoms with E-state index in [0.29, 0.717) is 0 Å². The number of halogens is 1. The summed E-state index contributed by atoms with van der Waals surface area (Å²) in [5.41, 5.74) is 3.27. The first kappa shape index (κ1) is 35.9. The molecule has 3 amide bonds. The van der Waals surface area contributed by atoms with Gasteiger partial charge in [-0.2, -0.15) is 0 Å². The van der Waals surface area contributed by atoms with Crippen LogP contribution in [0.2, 0.25) is 5.02 Å². The van der Waals surface area contributed by atoms with Crippen LogP contribution in [-0.2, 0) is 28.8 Å². The highest BCUT2D eigenvalue weighted by Crippen LogP contribution is 2.52. The molecule has 4 atom stereocenters. The van der Waals surface area contributed by atoms with Gasteiger partial charge in [0.15, 0.2) is 26.4 Å². The average Bonchev–Trinajstić information content (AvgIpc) is 3.60. The lowest BCUT2D eigenvalue weighted by molar-refractivity contribution is -0.161. The van der Waals surface area contributed by atoms with Gasteiger partial charge in [0.05, 0.1) is 29.8 Å². The summed E-state index contributed by atoms with van der Waals surface area (Å²) in [5.74, 6) is -6.01. The fourth-order valence-corrected chi connectivity index (χ4v) is 8.14. The summed E-state index contributed by atoms with van der Waals surface area (Å²) in [6.45, 7) is 2.17. The molecule has 2 aliphatic heterocycles. The summed E-state index contributed by atoms with van der Waals surface area (Å²) in [4.78, 5) is 73.7. The number of carboxylic acids is 2. The van der Waals surface area contributed by atoms with Gasteiger partial charge in [-0.3, -0.25) is 14.4 Å². The van der Waals surface area contributed by atoms with Crippen molar-refractivity contribution in [3.05, 3.63) is 33.8 Å². The standard InChI is InChI=1S/C26H29ClN6O11S3/c1-25(2,22(39)40)44-32-15(12-8-45-24(28)30-12)19(37)31-16-20(38)33-9-26(23(41)42,47-21(16)33)46-7-10(6-43-3)29-18(36)11-4-5-13(34)17(35)14(11)27/h4-5,8,10,16,21,34-35H,6-7,9H2,1-3H3,(H2,28,30)(H,29,36)(H,31,37)(H,39,40)(H,41,42)/b32-15-/t10-,16-,21?,26?/m1/s1. The van der Waals surface area contributed by atoms with Crippen LogP contribution < -0.4 is 16.4 Å². The Labute approximate surface area is 283 Å². The number of β-lactam (4-membered cyclic amide) rings is 1. The number of amides is 3. The number of phenolic OH excluding ortho intramolecular Hbond substituents is 2. The Morgan fingerprint density at radius 3 is 2.60 bits per heavy atom. The molecule has 4 rings (SSSR count). The van der Waals surface area contributed by atoms with E-state index in [1.165, 1.54) is 37.3 Å². The Hall–Kier alpha value is -3.98. The van der Waals surface area contributed by atoms with Crippen LogP contribution in [0, 0.1) is 0 Å².